The van der Waals surface area contributed by atoms with Gasteiger partial charge in [-0.15, -0.1) is 0 Å². The van der Waals surface area contributed by atoms with Crippen LogP contribution in [0, 0.1) is 5.92 Å². The van der Waals surface area contributed by atoms with Crippen molar-refractivity contribution in [3.05, 3.63) is 35.9 Å². The van der Waals surface area contributed by atoms with Crippen LogP contribution in [0.4, 0.5) is 0 Å². The molecule has 1 aliphatic rings. The van der Waals surface area contributed by atoms with Gasteiger partial charge in [0.15, 0.2) is 0 Å². The zero-order valence-corrected chi connectivity index (χ0v) is 10.8. The van der Waals surface area contributed by atoms with Crippen LogP contribution in [0.3, 0.4) is 0 Å². The maximum absolute atomic E-state index is 9.60. The van der Waals surface area contributed by atoms with Gasteiger partial charge in [-0.2, -0.15) is 0 Å². The van der Waals surface area contributed by atoms with E-state index in [1.807, 2.05) is 6.92 Å². The third kappa shape index (κ3) is 3.08. The van der Waals surface area contributed by atoms with Gasteiger partial charge in [0.1, 0.15) is 0 Å². The van der Waals surface area contributed by atoms with Gasteiger partial charge >= 0.3 is 0 Å². The minimum atomic E-state index is -0.149. The summed E-state index contributed by atoms with van der Waals surface area (Å²) in [5.74, 6) is 0.495. The van der Waals surface area contributed by atoms with Crippen LogP contribution in [-0.2, 0) is 0 Å². The Labute approximate surface area is 104 Å². The summed E-state index contributed by atoms with van der Waals surface area (Å²) in [6.07, 6.45) is 2.09. The van der Waals surface area contributed by atoms with Crippen molar-refractivity contribution >= 4 is 0 Å². The van der Waals surface area contributed by atoms with E-state index in [-0.39, 0.29) is 6.10 Å². The first-order valence-corrected chi connectivity index (χ1v) is 6.65. The van der Waals surface area contributed by atoms with E-state index in [1.54, 1.807) is 0 Å². The SMILES string of the molecule is CC(O)C1CCN(C(C)c2ccccc2)CC1. The normalized spacial score (nSPS) is 22.3. The summed E-state index contributed by atoms with van der Waals surface area (Å²) < 4.78 is 0. The average molecular weight is 233 g/mol. The number of benzene rings is 1. The molecule has 2 nitrogen and oxygen atoms in total. The van der Waals surface area contributed by atoms with E-state index < -0.39 is 0 Å². The van der Waals surface area contributed by atoms with E-state index in [1.165, 1.54) is 5.56 Å². The van der Waals surface area contributed by atoms with E-state index in [9.17, 15) is 5.11 Å². The van der Waals surface area contributed by atoms with Gasteiger partial charge in [-0.3, -0.25) is 4.90 Å². The number of rotatable bonds is 3. The Kier molecular flexibility index (Phi) is 4.19. The lowest BCUT2D eigenvalue weighted by Gasteiger charge is -2.37. The van der Waals surface area contributed by atoms with Gasteiger partial charge in [0.2, 0.25) is 0 Å². The fraction of sp³-hybridized carbons (Fsp3) is 0.600. The van der Waals surface area contributed by atoms with Crippen molar-refractivity contribution in [3.8, 4) is 0 Å². The van der Waals surface area contributed by atoms with Crippen molar-refractivity contribution in [2.24, 2.45) is 5.92 Å². The molecule has 2 atom stereocenters. The quantitative estimate of drug-likeness (QED) is 0.867. The standard InChI is InChI=1S/C15H23NO/c1-12(14-6-4-3-5-7-14)16-10-8-15(9-11-16)13(2)17/h3-7,12-13,15,17H,8-11H2,1-2H3. The van der Waals surface area contributed by atoms with Crippen LogP contribution in [-0.4, -0.2) is 29.2 Å². The third-order valence-corrected chi connectivity index (χ3v) is 4.09. The Morgan fingerprint density at radius 2 is 1.71 bits per heavy atom. The molecule has 1 N–H and O–H groups in total. The number of aliphatic hydroxyl groups is 1. The molecular formula is C15H23NO. The zero-order valence-electron chi connectivity index (χ0n) is 10.8. The second-order valence-corrected chi connectivity index (χ2v) is 5.20. The number of hydrogen-bond donors (Lipinski definition) is 1. The fourth-order valence-corrected chi connectivity index (χ4v) is 2.73. The number of nitrogens with zero attached hydrogens (tertiary/aromatic N) is 1. The molecule has 94 valence electrons. The summed E-state index contributed by atoms with van der Waals surface area (Å²) in [6, 6.07) is 11.2. The fourth-order valence-electron chi connectivity index (χ4n) is 2.73. The highest BCUT2D eigenvalue weighted by Gasteiger charge is 2.25. The first-order valence-electron chi connectivity index (χ1n) is 6.65. The summed E-state index contributed by atoms with van der Waals surface area (Å²) in [5, 5.41) is 9.60. The second-order valence-electron chi connectivity index (χ2n) is 5.20. The highest BCUT2D eigenvalue weighted by molar-refractivity contribution is 5.18. The van der Waals surface area contributed by atoms with E-state index in [0.717, 1.165) is 25.9 Å². The van der Waals surface area contributed by atoms with Crippen molar-refractivity contribution in [3.63, 3.8) is 0 Å². The van der Waals surface area contributed by atoms with Crippen LogP contribution in [0.2, 0.25) is 0 Å². The summed E-state index contributed by atoms with van der Waals surface area (Å²) in [6.45, 7) is 6.40. The molecule has 1 saturated heterocycles. The lowest BCUT2D eigenvalue weighted by molar-refractivity contribution is 0.0586. The Hall–Kier alpha value is -0.860. The van der Waals surface area contributed by atoms with Crippen LogP contribution >= 0.6 is 0 Å². The summed E-state index contributed by atoms with van der Waals surface area (Å²) in [4.78, 5) is 2.52. The topological polar surface area (TPSA) is 23.5 Å². The smallest absolute Gasteiger partial charge is 0.0541 e. The second kappa shape index (κ2) is 5.65. The molecule has 1 aromatic rings. The molecule has 0 spiro atoms. The molecule has 0 saturated carbocycles. The Balaban J connectivity index is 1.93. The van der Waals surface area contributed by atoms with Gasteiger partial charge in [-0.25, -0.2) is 0 Å². The summed E-state index contributed by atoms with van der Waals surface area (Å²) >= 11 is 0. The number of hydrogen-bond acceptors (Lipinski definition) is 2. The van der Waals surface area contributed by atoms with Gasteiger partial charge in [-0.05, 0) is 51.3 Å². The first-order chi connectivity index (χ1) is 8.18. The van der Waals surface area contributed by atoms with Crippen LogP contribution in [0.1, 0.15) is 38.3 Å². The largest absolute Gasteiger partial charge is 0.393 e. The van der Waals surface area contributed by atoms with Crippen LogP contribution < -0.4 is 0 Å². The summed E-state index contributed by atoms with van der Waals surface area (Å²) in [5.41, 5.74) is 1.39. The Morgan fingerprint density at radius 1 is 1.12 bits per heavy atom. The molecule has 1 aliphatic heterocycles. The van der Waals surface area contributed by atoms with Gasteiger partial charge < -0.3 is 5.11 Å². The molecule has 2 unspecified atom stereocenters. The van der Waals surface area contributed by atoms with Crippen LogP contribution in [0.15, 0.2) is 30.3 Å². The molecule has 0 radical (unpaired) electrons. The minimum Gasteiger partial charge on any atom is -0.393 e. The van der Waals surface area contributed by atoms with E-state index >= 15 is 0 Å². The van der Waals surface area contributed by atoms with Gasteiger partial charge in [0, 0.05) is 6.04 Å². The van der Waals surface area contributed by atoms with E-state index in [0.29, 0.717) is 12.0 Å². The highest BCUT2D eigenvalue weighted by Crippen LogP contribution is 2.27. The third-order valence-electron chi connectivity index (χ3n) is 4.09. The molecule has 0 amide bonds. The molecule has 0 aliphatic carbocycles. The summed E-state index contributed by atoms with van der Waals surface area (Å²) in [7, 11) is 0. The van der Waals surface area contributed by atoms with Gasteiger partial charge in [-0.1, -0.05) is 30.3 Å². The minimum absolute atomic E-state index is 0.149. The van der Waals surface area contributed by atoms with E-state index in [2.05, 4.69) is 42.2 Å². The van der Waals surface area contributed by atoms with Crippen molar-refractivity contribution in [2.45, 2.75) is 38.8 Å². The van der Waals surface area contributed by atoms with Gasteiger partial charge in [0.05, 0.1) is 6.10 Å². The lowest BCUT2D eigenvalue weighted by atomic mass is 9.91. The Morgan fingerprint density at radius 3 is 2.24 bits per heavy atom. The number of likely N-dealkylation sites (tertiary alicyclic amines) is 1. The molecule has 1 aromatic carbocycles. The van der Waals surface area contributed by atoms with Gasteiger partial charge in [0.25, 0.3) is 0 Å². The van der Waals surface area contributed by atoms with Crippen LogP contribution in [0.5, 0.6) is 0 Å². The molecule has 0 aromatic heterocycles. The van der Waals surface area contributed by atoms with Crippen molar-refractivity contribution < 1.29 is 5.11 Å². The highest BCUT2D eigenvalue weighted by atomic mass is 16.3. The first kappa shape index (κ1) is 12.6. The molecule has 2 heteroatoms. The molecule has 1 fully saturated rings. The zero-order chi connectivity index (χ0) is 12.3. The molecule has 2 rings (SSSR count). The molecular weight excluding hydrogens is 210 g/mol. The lowest BCUT2D eigenvalue weighted by Crippen LogP contribution is -2.38. The molecule has 0 bridgehead atoms. The predicted molar refractivity (Wildman–Crippen MR) is 70.8 cm³/mol. The number of aliphatic hydroxyl groups excluding tert-OH is 1. The maximum atomic E-state index is 9.60. The Bertz CT molecular complexity index is 328. The number of piperidine rings is 1. The van der Waals surface area contributed by atoms with Crippen molar-refractivity contribution in [1.82, 2.24) is 4.90 Å². The van der Waals surface area contributed by atoms with E-state index in [4.69, 9.17) is 0 Å². The monoisotopic (exact) mass is 233 g/mol. The molecule has 1 heterocycles. The predicted octanol–water partition coefficient (Wildman–Crippen LogP) is 2.84. The molecule has 17 heavy (non-hydrogen) atoms. The maximum Gasteiger partial charge on any atom is 0.0541 e. The van der Waals surface area contributed by atoms with Crippen LogP contribution in [0.25, 0.3) is 0 Å². The van der Waals surface area contributed by atoms with Crippen molar-refractivity contribution in [2.75, 3.05) is 13.1 Å². The average Bonchev–Trinajstić information content (AvgIpc) is 2.39. The van der Waals surface area contributed by atoms with Crippen molar-refractivity contribution in [1.29, 1.82) is 0 Å².